The molecule has 2 N–H and O–H groups in total. The van der Waals surface area contributed by atoms with Crippen molar-refractivity contribution in [1.82, 2.24) is 39.9 Å². The van der Waals surface area contributed by atoms with Gasteiger partial charge in [0.05, 0.1) is 25.3 Å². The third kappa shape index (κ3) is 7.68. The van der Waals surface area contributed by atoms with E-state index in [9.17, 15) is 19.5 Å². The van der Waals surface area contributed by atoms with E-state index in [1.54, 1.807) is 11.1 Å². The first-order valence-electron chi connectivity index (χ1n) is 18.0. The number of likely N-dealkylation sites (N-methyl/N-ethyl adjacent to an activating group) is 1. The van der Waals surface area contributed by atoms with Crippen molar-refractivity contribution in [1.29, 1.82) is 0 Å². The van der Waals surface area contributed by atoms with E-state index in [1.807, 2.05) is 48.5 Å². The van der Waals surface area contributed by atoms with Crippen molar-refractivity contribution in [2.45, 2.75) is 37.8 Å². The van der Waals surface area contributed by atoms with E-state index in [0.29, 0.717) is 11.7 Å². The Balaban J connectivity index is 1.16. The molecule has 1 aromatic heterocycles. The van der Waals surface area contributed by atoms with E-state index in [4.69, 9.17) is 4.98 Å². The van der Waals surface area contributed by atoms with Gasteiger partial charge in [-0.2, -0.15) is 0 Å². The van der Waals surface area contributed by atoms with Gasteiger partial charge in [-0.15, -0.1) is 6.58 Å². The second-order valence-electron chi connectivity index (χ2n) is 14.1. The van der Waals surface area contributed by atoms with E-state index in [2.05, 4.69) is 33.6 Å². The summed E-state index contributed by atoms with van der Waals surface area (Å²) in [7, 11) is 2.14. The van der Waals surface area contributed by atoms with Crippen LogP contribution in [0.3, 0.4) is 0 Å². The molecule has 0 saturated carbocycles. The Labute approximate surface area is 307 Å². The summed E-state index contributed by atoms with van der Waals surface area (Å²) in [5.74, 6) is -2.91. The van der Waals surface area contributed by atoms with E-state index in [-0.39, 0.29) is 32.7 Å². The Morgan fingerprint density at radius 3 is 2.42 bits per heavy atom. The minimum atomic E-state index is -1.35. The number of hydrazine groups is 1. The zero-order valence-corrected chi connectivity index (χ0v) is 29.8. The van der Waals surface area contributed by atoms with E-state index >= 15 is 8.78 Å². The Bertz CT molecular complexity index is 1810. The number of halogens is 2. The Hall–Kier alpha value is -5.12. The highest BCUT2D eigenvalue weighted by molar-refractivity contribution is 5.91. The molecule has 4 fully saturated rings. The SMILES string of the molecule is C=CCN1CC(=O)N2C(Cc3c(F)cc(O)cc3F)C(=O)N(Cc3cccc(N4CC(N5CCN(C)CC5)C4)n3)CC2N1C(=O)NCc1ccccc1. The zero-order valence-electron chi connectivity index (χ0n) is 29.8. The highest BCUT2D eigenvalue weighted by Gasteiger charge is 2.51. The molecule has 4 saturated heterocycles. The number of hydrogen-bond donors (Lipinski definition) is 2. The quantitative estimate of drug-likeness (QED) is 0.303. The first-order valence-corrected chi connectivity index (χ1v) is 18.0. The Morgan fingerprint density at radius 1 is 1.00 bits per heavy atom. The number of phenolic OH excluding ortho intramolecular Hbond substituents is 1. The van der Waals surface area contributed by atoms with Crippen molar-refractivity contribution in [2.75, 3.05) is 70.9 Å². The summed E-state index contributed by atoms with van der Waals surface area (Å²) in [6.07, 6.45) is 0.0521. The Morgan fingerprint density at radius 2 is 1.72 bits per heavy atom. The molecular formula is C38H45F2N9O4. The van der Waals surface area contributed by atoms with Crippen LogP contribution >= 0.6 is 0 Å². The molecule has 2 atom stereocenters. The van der Waals surface area contributed by atoms with Crippen molar-refractivity contribution in [3.63, 3.8) is 0 Å². The van der Waals surface area contributed by atoms with Crippen molar-refractivity contribution >= 4 is 23.7 Å². The largest absolute Gasteiger partial charge is 0.508 e. The maximum atomic E-state index is 15.2. The molecule has 280 valence electrons. The summed E-state index contributed by atoms with van der Waals surface area (Å²) in [5, 5.41) is 15.7. The average Bonchev–Trinajstić information content (AvgIpc) is 3.11. The molecule has 0 spiro atoms. The fourth-order valence-corrected chi connectivity index (χ4v) is 7.66. The third-order valence-corrected chi connectivity index (χ3v) is 10.6. The fourth-order valence-electron chi connectivity index (χ4n) is 7.66. The lowest BCUT2D eigenvalue weighted by Gasteiger charge is -2.55. The number of rotatable bonds is 10. The number of carbonyl (C=O) groups is 3. The highest BCUT2D eigenvalue weighted by atomic mass is 19.1. The van der Waals surface area contributed by atoms with Gasteiger partial charge in [0.15, 0.2) is 0 Å². The number of hydrogen-bond acceptors (Lipinski definition) is 9. The van der Waals surface area contributed by atoms with Gasteiger partial charge >= 0.3 is 6.03 Å². The van der Waals surface area contributed by atoms with Gasteiger partial charge in [-0.25, -0.2) is 28.6 Å². The van der Waals surface area contributed by atoms with Crippen LogP contribution in [0.15, 0.2) is 73.3 Å². The molecule has 3 aromatic rings. The number of nitrogens with zero attached hydrogens (tertiary/aromatic N) is 8. The van der Waals surface area contributed by atoms with Gasteiger partial charge in [-0.05, 0) is 24.7 Å². The molecule has 0 bridgehead atoms. The van der Waals surface area contributed by atoms with Crippen molar-refractivity contribution in [2.24, 2.45) is 0 Å². The standard InChI is InChI=1S/C38H45F2N9O4/c1-3-12-47-25-36(51)48-33(19-30-31(39)17-29(50)18-32(30)40)37(52)46(24-35(48)49(47)38(53)41-20-26-8-5-4-6-9-26)21-27-10-7-11-34(42-27)45-22-28(23-45)44-15-13-43(2)14-16-44/h3-11,17-18,28,33,35,50H,1,12-16,19-25H2,2H3,(H,41,53). The van der Waals surface area contributed by atoms with Crippen LogP contribution < -0.4 is 10.2 Å². The number of phenols is 1. The smallest absolute Gasteiger partial charge is 0.334 e. The first kappa shape index (κ1) is 36.2. The molecule has 15 heteroatoms. The number of anilines is 1. The van der Waals surface area contributed by atoms with Crippen molar-refractivity contribution in [3.8, 4) is 5.75 Å². The zero-order chi connectivity index (χ0) is 37.2. The lowest BCUT2D eigenvalue weighted by Crippen LogP contribution is -2.76. The number of pyridine rings is 1. The lowest BCUT2D eigenvalue weighted by molar-refractivity contribution is -0.189. The maximum absolute atomic E-state index is 15.2. The minimum Gasteiger partial charge on any atom is -0.508 e. The van der Waals surface area contributed by atoms with Crippen LogP contribution in [0.25, 0.3) is 0 Å². The van der Waals surface area contributed by atoms with Crippen LogP contribution in [0.5, 0.6) is 5.75 Å². The van der Waals surface area contributed by atoms with Crippen LogP contribution in [0.2, 0.25) is 0 Å². The molecular weight excluding hydrogens is 684 g/mol. The summed E-state index contributed by atoms with van der Waals surface area (Å²) in [6, 6.07) is 15.1. The molecule has 53 heavy (non-hydrogen) atoms. The van der Waals surface area contributed by atoms with Crippen LogP contribution in [0, 0.1) is 11.6 Å². The van der Waals surface area contributed by atoms with Gasteiger partial charge in [0.1, 0.15) is 35.4 Å². The Kier molecular flexibility index (Phi) is 10.6. The highest BCUT2D eigenvalue weighted by Crippen LogP contribution is 2.32. The number of aromatic hydroxyl groups is 1. The normalized spacial score (nSPS) is 21.8. The molecule has 7 rings (SSSR count). The number of carbonyl (C=O) groups excluding carboxylic acids is 3. The van der Waals surface area contributed by atoms with E-state index in [1.165, 1.54) is 14.8 Å². The second-order valence-corrected chi connectivity index (χ2v) is 14.1. The van der Waals surface area contributed by atoms with Gasteiger partial charge < -0.3 is 30.0 Å². The third-order valence-electron chi connectivity index (χ3n) is 10.6. The van der Waals surface area contributed by atoms with E-state index < -0.39 is 59.4 Å². The summed E-state index contributed by atoms with van der Waals surface area (Å²) in [5.41, 5.74) is 1.01. The van der Waals surface area contributed by atoms with E-state index in [0.717, 1.165) is 62.8 Å². The molecule has 2 unspecified atom stereocenters. The van der Waals surface area contributed by atoms with Gasteiger partial charge in [0, 0.05) is 82.5 Å². The predicted molar refractivity (Wildman–Crippen MR) is 193 cm³/mol. The number of fused-ring (bicyclic) bond motifs is 1. The molecule has 4 aliphatic rings. The number of amides is 4. The molecule has 5 heterocycles. The molecule has 0 aliphatic carbocycles. The maximum Gasteiger partial charge on any atom is 0.334 e. The van der Waals surface area contributed by atoms with Gasteiger partial charge in [0.25, 0.3) is 0 Å². The summed E-state index contributed by atoms with van der Waals surface area (Å²) in [4.78, 5) is 57.0. The van der Waals surface area contributed by atoms with Gasteiger partial charge in [-0.3, -0.25) is 14.5 Å². The summed E-state index contributed by atoms with van der Waals surface area (Å²) < 4.78 is 30.3. The first-order chi connectivity index (χ1) is 25.6. The summed E-state index contributed by atoms with van der Waals surface area (Å²) >= 11 is 0. The number of benzene rings is 2. The predicted octanol–water partition coefficient (Wildman–Crippen LogP) is 2.24. The van der Waals surface area contributed by atoms with Crippen LogP contribution in [0.1, 0.15) is 16.8 Å². The summed E-state index contributed by atoms with van der Waals surface area (Å²) in [6.45, 7) is 9.72. The molecule has 2 aromatic carbocycles. The number of piperazine rings is 2. The molecule has 13 nitrogen and oxygen atoms in total. The lowest BCUT2D eigenvalue weighted by atomic mass is 9.97. The topological polar surface area (TPSA) is 119 Å². The van der Waals surface area contributed by atoms with Crippen LogP contribution in [0.4, 0.5) is 19.4 Å². The minimum absolute atomic E-state index is 0.0406. The average molecular weight is 730 g/mol. The monoisotopic (exact) mass is 729 g/mol. The number of urea groups is 1. The van der Waals surface area contributed by atoms with Crippen LogP contribution in [-0.4, -0.2) is 142 Å². The second kappa shape index (κ2) is 15.5. The number of aromatic nitrogens is 1. The number of nitrogens with one attached hydrogen (secondary N) is 1. The van der Waals surface area contributed by atoms with Gasteiger partial charge in [-0.1, -0.05) is 42.5 Å². The molecule has 4 aliphatic heterocycles. The fraction of sp³-hybridized carbons (Fsp3) is 0.421. The molecule has 4 amide bonds. The van der Waals surface area contributed by atoms with Crippen molar-refractivity contribution < 1.29 is 28.3 Å². The van der Waals surface area contributed by atoms with Crippen molar-refractivity contribution in [3.05, 3.63) is 102 Å². The van der Waals surface area contributed by atoms with Gasteiger partial charge in [0.2, 0.25) is 11.8 Å². The van der Waals surface area contributed by atoms with Crippen LogP contribution in [-0.2, 0) is 29.1 Å². The molecule has 0 radical (unpaired) electrons.